The summed E-state index contributed by atoms with van der Waals surface area (Å²) >= 11 is 0. The third-order valence-electron chi connectivity index (χ3n) is 4.73. The van der Waals surface area contributed by atoms with Gasteiger partial charge in [-0.2, -0.15) is 0 Å². The van der Waals surface area contributed by atoms with Crippen molar-refractivity contribution in [1.82, 2.24) is 4.90 Å². The van der Waals surface area contributed by atoms with Gasteiger partial charge in [0, 0.05) is 5.54 Å². The highest BCUT2D eigenvalue weighted by Gasteiger charge is 2.44. The minimum Gasteiger partial charge on any atom is -0.391 e. The smallest absolute Gasteiger partial charge is 0.0749 e. The summed E-state index contributed by atoms with van der Waals surface area (Å²) in [7, 11) is 4.28. The van der Waals surface area contributed by atoms with Crippen LogP contribution < -0.4 is 0 Å². The predicted molar refractivity (Wildman–Crippen MR) is 74.1 cm³/mol. The van der Waals surface area contributed by atoms with Gasteiger partial charge in [0.1, 0.15) is 0 Å². The number of hydrogen-bond acceptors (Lipinski definition) is 2. The zero-order valence-corrected chi connectivity index (χ0v) is 12.4. The molecule has 0 bridgehead atoms. The van der Waals surface area contributed by atoms with Crippen LogP contribution in [0.4, 0.5) is 0 Å². The number of hydrogen-bond donors (Lipinski definition) is 1. The first kappa shape index (κ1) is 15.0. The van der Waals surface area contributed by atoms with Gasteiger partial charge in [-0.3, -0.25) is 0 Å². The van der Waals surface area contributed by atoms with Crippen LogP contribution in [-0.2, 0) is 0 Å². The van der Waals surface area contributed by atoms with Crippen molar-refractivity contribution in [2.24, 2.45) is 11.8 Å². The highest BCUT2D eigenvalue weighted by atomic mass is 16.3. The highest BCUT2D eigenvalue weighted by molar-refractivity contribution is 4.99. The van der Waals surface area contributed by atoms with Crippen molar-refractivity contribution in [3.63, 3.8) is 0 Å². The highest BCUT2D eigenvalue weighted by Crippen LogP contribution is 2.40. The Balaban J connectivity index is 2.83. The van der Waals surface area contributed by atoms with Crippen molar-refractivity contribution in [2.45, 2.75) is 70.9 Å². The molecular weight excluding hydrogens is 210 g/mol. The molecule has 0 aromatic heterocycles. The van der Waals surface area contributed by atoms with E-state index in [-0.39, 0.29) is 11.6 Å². The molecule has 4 unspecified atom stereocenters. The van der Waals surface area contributed by atoms with Crippen LogP contribution in [0.3, 0.4) is 0 Å². The summed E-state index contributed by atoms with van der Waals surface area (Å²) < 4.78 is 0. The largest absolute Gasteiger partial charge is 0.391 e. The van der Waals surface area contributed by atoms with Gasteiger partial charge in [-0.05, 0) is 45.2 Å². The number of rotatable bonds is 5. The molecule has 0 spiro atoms. The third kappa shape index (κ3) is 3.23. The maximum absolute atomic E-state index is 10.8. The molecule has 1 rings (SSSR count). The van der Waals surface area contributed by atoms with Crippen LogP contribution in [0.25, 0.3) is 0 Å². The minimum atomic E-state index is -0.180. The van der Waals surface area contributed by atoms with E-state index in [2.05, 4.69) is 39.8 Å². The van der Waals surface area contributed by atoms with Crippen LogP contribution in [0, 0.1) is 11.8 Å². The van der Waals surface area contributed by atoms with Crippen molar-refractivity contribution in [3.8, 4) is 0 Å². The fourth-order valence-electron chi connectivity index (χ4n) is 3.65. The van der Waals surface area contributed by atoms with Crippen molar-refractivity contribution in [1.29, 1.82) is 0 Å². The zero-order valence-electron chi connectivity index (χ0n) is 12.4. The molecule has 2 heteroatoms. The molecule has 2 nitrogen and oxygen atoms in total. The van der Waals surface area contributed by atoms with Gasteiger partial charge in [0.05, 0.1) is 6.10 Å². The Morgan fingerprint density at radius 1 is 1.41 bits per heavy atom. The zero-order chi connectivity index (χ0) is 13.1. The van der Waals surface area contributed by atoms with Crippen LogP contribution >= 0.6 is 0 Å². The Morgan fingerprint density at radius 2 is 2.06 bits per heavy atom. The van der Waals surface area contributed by atoms with Gasteiger partial charge < -0.3 is 10.0 Å². The first-order valence-electron chi connectivity index (χ1n) is 7.29. The first-order chi connectivity index (χ1) is 7.94. The standard InChI is InChI=1S/C15H31NO/c1-6-8-13(3)14(17)15(16(4)5)10-7-9-12(2)11-15/h12-14,17H,6-11H2,1-5H3. The molecule has 0 amide bonds. The van der Waals surface area contributed by atoms with Gasteiger partial charge in [0.15, 0.2) is 0 Å². The SMILES string of the molecule is CCCC(C)C(O)C1(N(C)C)CCCC(C)C1. The van der Waals surface area contributed by atoms with E-state index in [0.717, 1.165) is 31.6 Å². The average molecular weight is 241 g/mol. The fraction of sp³-hybridized carbons (Fsp3) is 1.00. The summed E-state index contributed by atoms with van der Waals surface area (Å²) in [4.78, 5) is 2.29. The minimum absolute atomic E-state index is 0.0201. The molecule has 1 fully saturated rings. The average Bonchev–Trinajstić information content (AvgIpc) is 2.28. The van der Waals surface area contributed by atoms with E-state index in [1.165, 1.54) is 12.8 Å². The number of nitrogens with zero attached hydrogens (tertiary/aromatic N) is 1. The van der Waals surface area contributed by atoms with E-state index >= 15 is 0 Å². The number of aliphatic hydroxyl groups excluding tert-OH is 1. The van der Waals surface area contributed by atoms with Gasteiger partial charge >= 0.3 is 0 Å². The van der Waals surface area contributed by atoms with Crippen molar-refractivity contribution < 1.29 is 5.11 Å². The maximum atomic E-state index is 10.8. The quantitative estimate of drug-likeness (QED) is 0.798. The van der Waals surface area contributed by atoms with E-state index < -0.39 is 0 Å². The van der Waals surface area contributed by atoms with Crippen molar-refractivity contribution >= 4 is 0 Å². The van der Waals surface area contributed by atoms with Gasteiger partial charge in [0.2, 0.25) is 0 Å². The molecule has 0 aliphatic heterocycles. The van der Waals surface area contributed by atoms with Crippen molar-refractivity contribution in [2.75, 3.05) is 14.1 Å². The summed E-state index contributed by atoms with van der Waals surface area (Å²) in [5.74, 6) is 1.15. The lowest BCUT2D eigenvalue weighted by Crippen LogP contribution is -2.58. The molecule has 102 valence electrons. The number of aliphatic hydroxyl groups is 1. The Bertz CT molecular complexity index is 229. The van der Waals surface area contributed by atoms with Gasteiger partial charge in [-0.1, -0.05) is 40.0 Å². The summed E-state index contributed by atoms with van der Waals surface area (Å²) in [5, 5.41) is 10.8. The Hall–Kier alpha value is -0.0800. The number of likely N-dealkylation sites (N-methyl/N-ethyl adjacent to an activating group) is 1. The Kier molecular flexibility index (Phi) is 5.46. The predicted octanol–water partition coefficient (Wildman–Crippen LogP) is 3.29. The summed E-state index contributed by atoms with van der Waals surface area (Å²) in [6, 6.07) is 0. The van der Waals surface area contributed by atoms with Crippen LogP contribution in [0.2, 0.25) is 0 Å². The van der Waals surface area contributed by atoms with Crippen LogP contribution in [0.5, 0.6) is 0 Å². The fourth-order valence-corrected chi connectivity index (χ4v) is 3.65. The lowest BCUT2D eigenvalue weighted by atomic mass is 9.69. The molecule has 0 aromatic carbocycles. The van der Waals surface area contributed by atoms with E-state index in [0.29, 0.717) is 5.92 Å². The van der Waals surface area contributed by atoms with Crippen LogP contribution in [0.15, 0.2) is 0 Å². The second kappa shape index (κ2) is 6.19. The molecule has 0 heterocycles. The van der Waals surface area contributed by atoms with Gasteiger partial charge in [-0.15, -0.1) is 0 Å². The van der Waals surface area contributed by atoms with E-state index in [1.54, 1.807) is 0 Å². The van der Waals surface area contributed by atoms with E-state index in [1.807, 2.05) is 0 Å². The molecule has 0 aromatic rings. The molecule has 1 aliphatic rings. The van der Waals surface area contributed by atoms with Crippen molar-refractivity contribution in [3.05, 3.63) is 0 Å². The lowest BCUT2D eigenvalue weighted by molar-refractivity contribution is -0.0695. The Labute approximate surface area is 107 Å². The van der Waals surface area contributed by atoms with Crippen LogP contribution in [0.1, 0.15) is 59.3 Å². The maximum Gasteiger partial charge on any atom is 0.0749 e. The molecule has 17 heavy (non-hydrogen) atoms. The van der Waals surface area contributed by atoms with Crippen LogP contribution in [-0.4, -0.2) is 35.7 Å². The summed E-state index contributed by atoms with van der Waals surface area (Å²) in [6.45, 7) is 6.74. The molecular formula is C15H31NO. The second-order valence-corrected chi connectivity index (χ2v) is 6.41. The summed E-state index contributed by atoms with van der Waals surface area (Å²) in [5.41, 5.74) is 0.0201. The first-order valence-corrected chi connectivity index (χ1v) is 7.29. The molecule has 0 saturated heterocycles. The normalized spacial score (nSPS) is 33.7. The third-order valence-corrected chi connectivity index (χ3v) is 4.73. The monoisotopic (exact) mass is 241 g/mol. The molecule has 1 aliphatic carbocycles. The van der Waals surface area contributed by atoms with Gasteiger partial charge in [-0.25, -0.2) is 0 Å². The summed E-state index contributed by atoms with van der Waals surface area (Å²) in [6.07, 6.45) is 7.00. The Morgan fingerprint density at radius 3 is 2.53 bits per heavy atom. The topological polar surface area (TPSA) is 23.5 Å². The molecule has 1 saturated carbocycles. The van der Waals surface area contributed by atoms with E-state index in [9.17, 15) is 5.11 Å². The molecule has 1 N–H and O–H groups in total. The molecule has 4 atom stereocenters. The van der Waals surface area contributed by atoms with E-state index in [4.69, 9.17) is 0 Å². The molecule has 0 radical (unpaired) electrons. The lowest BCUT2D eigenvalue weighted by Gasteiger charge is -2.50. The van der Waals surface area contributed by atoms with Gasteiger partial charge in [0.25, 0.3) is 0 Å². The second-order valence-electron chi connectivity index (χ2n) is 6.41.